The van der Waals surface area contributed by atoms with Gasteiger partial charge in [-0.3, -0.25) is 14.5 Å². The van der Waals surface area contributed by atoms with Gasteiger partial charge in [-0.05, 0) is 37.1 Å². The first-order valence-corrected chi connectivity index (χ1v) is 10.7. The number of carbonyl (C=O) groups is 3. The van der Waals surface area contributed by atoms with Crippen molar-refractivity contribution in [3.05, 3.63) is 81.5 Å². The minimum absolute atomic E-state index is 0.0158. The van der Waals surface area contributed by atoms with Gasteiger partial charge in [0.1, 0.15) is 22.6 Å². The molecule has 0 fully saturated rings. The molecular formula is C24H19ClFN3O4. The number of halogens is 2. The molecule has 2 aliphatic heterocycles. The fourth-order valence-electron chi connectivity index (χ4n) is 5.10. The van der Waals surface area contributed by atoms with Crippen LogP contribution in [0.25, 0.3) is 0 Å². The summed E-state index contributed by atoms with van der Waals surface area (Å²) in [6.07, 6.45) is 1.03. The van der Waals surface area contributed by atoms with Crippen molar-refractivity contribution in [1.82, 2.24) is 0 Å². The average Bonchev–Trinajstić information content (AvgIpc) is 3.07. The van der Waals surface area contributed by atoms with Crippen LogP contribution in [0, 0.1) is 5.82 Å². The molecule has 3 aliphatic rings. The SMILES string of the molecule is COC(=O)C1=C(N)N(c2ccc(Cl)cc2F)C2=C(C(=O)CCC2)C12C(=O)Nc1ccccc12. The van der Waals surface area contributed by atoms with Gasteiger partial charge in [0, 0.05) is 34.0 Å². The lowest BCUT2D eigenvalue weighted by atomic mass is 9.63. The van der Waals surface area contributed by atoms with Crippen molar-refractivity contribution in [1.29, 1.82) is 0 Å². The summed E-state index contributed by atoms with van der Waals surface area (Å²) in [6, 6.07) is 10.8. The fraction of sp³-hybridized carbons (Fsp3) is 0.208. The topological polar surface area (TPSA) is 102 Å². The minimum atomic E-state index is -1.79. The van der Waals surface area contributed by atoms with E-state index in [4.69, 9.17) is 22.1 Å². The molecule has 0 saturated heterocycles. The van der Waals surface area contributed by atoms with E-state index in [2.05, 4.69) is 5.32 Å². The van der Waals surface area contributed by atoms with E-state index in [1.54, 1.807) is 24.3 Å². The quantitative estimate of drug-likeness (QED) is 0.655. The predicted molar refractivity (Wildman–Crippen MR) is 120 cm³/mol. The number of rotatable bonds is 2. The van der Waals surface area contributed by atoms with Crippen molar-refractivity contribution in [3.63, 3.8) is 0 Å². The van der Waals surface area contributed by atoms with Crippen molar-refractivity contribution in [2.75, 3.05) is 17.3 Å². The Morgan fingerprint density at radius 2 is 1.97 bits per heavy atom. The molecule has 9 heteroatoms. The number of Topliss-reactive ketones (excluding diaryl/α,β-unsaturated/α-hetero) is 1. The highest BCUT2D eigenvalue weighted by molar-refractivity contribution is 6.30. The third kappa shape index (κ3) is 2.77. The number of hydrogen-bond donors (Lipinski definition) is 2. The monoisotopic (exact) mass is 467 g/mol. The van der Waals surface area contributed by atoms with Crippen molar-refractivity contribution in [2.24, 2.45) is 5.73 Å². The Kier molecular flexibility index (Phi) is 4.79. The van der Waals surface area contributed by atoms with Crippen LogP contribution in [0.1, 0.15) is 24.8 Å². The molecule has 1 unspecified atom stereocenters. The highest BCUT2D eigenvalue weighted by atomic mass is 35.5. The lowest BCUT2D eigenvalue weighted by Crippen LogP contribution is -2.53. The van der Waals surface area contributed by atoms with E-state index >= 15 is 4.39 Å². The average molecular weight is 468 g/mol. The zero-order valence-electron chi connectivity index (χ0n) is 17.6. The Balaban J connectivity index is 1.92. The van der Waals surface area contributed by atoms with Crippen LogP contribution >= 0.6 is 11.6 Å². The van der Waals surface area contributed by atoms with Gasteiger partial charge in [-0.2, -0.15) is 0 Å². The fourth-order valence-corrected chi connectivity index (χ4v) is 5.26. The summed E-state index contributed by atoms with van der Waals surface area (Å²) < 4.78 is 20.1. The number of esters is 1. The number of carbonyl (C=O) groups excluding carboxylic acids is 3. The summed E-state index contributed by atoms with van der Waals surface area (Å²) in [5.74, 6) is -2.64. The van der Waals surface area contributed by atoms with Crippen LogP contribution in [-0.2, 0) is 24.5 Å². The number of ether oxygens (including phenoxy) is 1. The van der Waals surface area contributed by atoms with E-state index in [9.17, 15) is 14.4 Å². The number of nitrogens with zero attached hydrogens (tertiary/aromatic N) is 1. The number of ketones is 1. The maximum absolute atomic E-state index is 15.1. The number of anilines is 2. The van der Waals surface area contributed by atoms with Gasteiger partial charge in [-0.25, -0.2) is 9.18 Å². The molecule has 1 spiro atoms. The summed E-state index contributed by atoms with van der Waals surface area (Å²) in [5.41, 5.74) is 5.93. The molecule has 2 heterocycles. The number of benzene rings is 2. The molecule has 1 aliphatic carbocycles. The molecule has 168 valence electrons. The highest BCUT2D eigenvalue weighted by Crippen LogP contribution is 2.55. The zero-order chi connectivity index (χ0) is 23.5. The van der Waals surface area contributed by atoms with Gasteiger partial charge in [0.2, 0.25) is 5.91 Å². The first-order chi connectivity index (χ1) is 15.8. The second-order valence-electron chi connectivity index (χ2n) is 8.03. The number of methoxy groups -OCH3 is 1. The first kappa shape index (κ1) is 21.2. The lowest BCUT2D eigenvalue weighted by Gasteiger charge is -2.44. The van der Waals surface area contributed by atoms with Crippen molar-refractivity contribution in [2.45, 2.75) is 24.7 Å². The third-order valence-corrected chi connectivity index (χ3v) is 6.60. The normalized spacial score (nSPS) is 21.8. The Bertz CT molecular complexity index is 1320. The van der Waals surface area contributed by atoms with E-state index < -0.39 is 23.1 Å². The van der Waals surface area contributed by atoms with Gasteiger partial charge < -0.3 is 15.8 Å². The number of fused-ring (bicyclic) bond motifs is 3. The lowest BCUT2D eigenvalue weighted by molar-refractivity contribution is -0.138. The van der Waals surface area contributed by atoms with Crippen LogP contribution in [0.15, 0.2) is 65.1 Å². The summed E-state index contributed by atoms with van der Waals surface area (Å²) >= 11 is 5.93. The van der Waals surface area contributed by atoms with Crippen molar-refractivity contribution in [3.8, 4) is 0 Å². The second kappa shape index (κ2) is 7.45. The molecule has 0 aromatic heterocycles. The van der Waals surface area contributed by atoms with E-state index in [1.165, 1.54) is 17.0 Å². The molecule has 1 atom stereocenters. The predicted octanol–water partition coefficient (Wildman–Crippen LogP) is 3.54. The van der Waals surface area contributed by atoms with E-state index in [0.717, 1.165) is 13.2 Å². The van der Waals surface area contributed by atoms with Crippen molar-refractivity contribution < 1.29 is 23.5 Å². The van der Waals surface area contributed by atoms with Crippen LogP contribution in [0.2, 0.25) is 5.02 Å². The second-order valence-corrected chi connectivity index (χ2v) is 8.47. The number of nitrogens with two attached hydrogens (primary N) is 1. The summed E-state index contributed by atoms with van der Waals surface area (Å²) in [4.78, 5) is 41.6. The summed E-state index contributed by atoms with van der Waals surface area (Å²) in [5, 5.41) is 2.96. The number of nitrogens with one attached hydrogen (secondary N) is 1. The molecule has 5 rings (SSSR count). The van der Waals surface area contributed by atoms with Gasteiger partial charge in [-0.1, -0.05) is 29.8 Å². The molecule has 3 N–H and O–H groups in total. The Morgan fingerprint density at radius 3 is 2.70 bits per heavy atom. The van der Waals surface area contributed by atoms with Gasteiger partial charge in [-0.15, -0.1) is 0 Å². The Morgan fingerprint density at radius 1 is 1.21 bits per heavy atom. The van der Waals surface area contributed by atoms with Gasteiger partial charge in [0.15, 0.2) is 5.78 Å². The highest BCUT2D eigenvalue weighted by Gasteiger charge is 2.61. The first-order valence-electron chi connectivity index (χ1n) is 10.3. The maximum atomic E-state index is 15.1. The zero-order valence-corrected chi connectivity index (χ0v) is 18.3. The van der Waals surface area contributed by atoms with Crippen LogP contribution in [0.4, 0.5) is 15.8 Å². The minimum Gasteiger partial charge on any atom is -0.466 e. The van der Waals surface area contributed by atoms with Gasteiger partial charge >= 0.3 is 5.97 Å². The van der Waals surface area contributed by atoms with E-state index in [0.29, 0.717) is 29.8 Å². The van der Waals surface area contributed by atoms with Crippen LogP contribution < -0.4 is 16.0 Å². The molecule has 1 amide bonds. The summed E-state index contributed by atoms with van der Waals surface area (Å²) in [7, 11) is 1.16. The van der Waals surface area contributed by atoms with Gasteiger partial charge in [0.05, 0.1) is 12.8 Å². The van der Waals surface area contributed by atoms with Crippen LogP contribution in [-0.4, -0.2) is 24.8 Å². The molecule has 2 aromatic carbocycles. The standard InChI is InChI=1S/C24H19ClFN3O4/c1-33-22(31)20-21(27)29(16-10-9-12(25)11-14(16)26)17-7-4-8-18(30)19(17)24(20)13-5-2-3-6-15(13)28-23(24)32/h2-3,5-6,9-11H,4,7-8,27H2,1H3,(H,28,32). The maximum Gasteiger partial charge on any atom is 0.339 e. The number of hydrogen-bond acceptors (Lipinski definition) is 6. The summed E-state index contributed by atoms with van der Waals surface area (Å²) in [6.45, 7) is 0. The smallest absolute Gasteiger partial charge is 0.339 e. The molecule has 0 saturated carbocycles. The van der Waals surface area contributed by atoms with Gasteiger partial charge in [0.25, 0.3) is 0 Å². The number of allylic oxidation sites excluding steroid dienone is 1. The third-order valence-electron chi connectivity index (χ3n) is 6.36. The Hall–Kier alpha value is -3.65. The van der Waals surface area contributed by atoms with E-state index in [1.807, 2.05) is 0 Å². The van der Waals surface area contributed by atoms with Crippen molar-refractivity contribution >= 4 is 40.6 Å². The molecule has 2 aromatic rings. The van der Waals surface area contributed by atoms with Crippen LogP contribution in [0.5, 0.6) is 0 Å². The number of amides is 1. The molecular weight excluding hydrogens is 449 g/mol. The molecule has 0 radical (unpaired) electrons. The largest absolute Gasteiger partial charge is 0.466 e. The molecule has 33 heavy (non-hydrogen) atoms. The van der Waals surface area contributed by atoms with E-state index in [-0.39, 0.29) is 39.9 Å². The van der Waals surface area contributed by atoms with Crippen LogP contribution in [0.3, 0.4) is 0 Å². The molecule has 7 nitrogen and oxygen atoms in total. The Labute approximate surface area is 193 Å². The number of para-hydroxylation sites is 1. The molecule has 0 bridgehead atoms.